The Balaban J connectivity index is 2.15. The second-order valence-electron chi connectivity index (χ2n) is 5.87. The number of carbonyl (C=O) groups is 1. The van der Waals surface area contributed by atoms with Crippen molar-refractivity contribution in [2.24, 2.45) is 5.92 Å². The second-order valence-corrected chi connectivity index (χ2v) is 5.87. The number of aliphatic hydroxyl groups is 1. The van der Waals surface area contributed by atoms with Crippen molar-refractivity contribution in [2.75, 3.05) is 45.9 Å². The van der Waals surface area contributed by atoms with Gasteiger partial charge in [-0.25, -0.2) is 0 Å². The van der Waals surface area contributed by atoms with Crippen molar-refractivity contribution in [3.05, 3.63) is 0 Å². The number of piperidine rings is 1. The summed E-state index contributed by atoms with van der Waals surface area (Å²) in [5, 5.41) is 21.6. The van der Waals surface area contributed by atoms with E-state index in [0.717, 1.165) is 51.9 Å². The Morgan fingerprint density at radius 2 is 2.33 bits per heavy atom. The molecule has 6 nitrogen and oxygen atoms in total. The van der Waals surface area contributed by atoms with Gasteiger partial charge in [0.1, 0.15) is 0 Å². The minimum Gasteiger partial charge on any atom is -0.480 e. The molecule has 6 heteroatoms. The molecule has 0 aromatic rings. The zero-order chi connectivity index (χ0) is 15.5. The highest BCUT2D eigenvalue weighted by molar-refractivity contribution is 5.68. The van der Waals surface area contributed by atoms with E-state index in [9.17, 15) is 9.90 Å². The largest absolute Gasteiger partial charge is 0.480 e. The van der Waals surface area contributed by atoms with Gasteiger partial charge >= 0.3 is 5.97 Å². The number of likely N-dealkylation sites (tertiary alicyclic amines) is 1. The van der Waals surface area contributed by atoms with Crippen LogP contribution in [0, 0.1) is 5.92 Å². The minimum atomic E-state index is -0.817. The first-order valence-electron chi connectivity index (χ1n) is 8.02. The smallest absolute Gasteiger partial charge is 0.317 e. The third-order valence-electron chi connectivity index (χ3n) is 3.73. The molecule has 0 saturated carbocycles. The molecular formula is C15H30N2O4. The van der Waals surface area contributed by atoms with E-state index in [1.54, 1.807) is 0 Å². The lowest BCUT2D eigenvalue weighted by Crippen LogP contribution is -2.44. The third kappa shape index (κ3) is 9.03. The van der Waals surface area contributed by atoms with Crippen LogP contribution in [0.5, 0.6) is 0 Å². The molecular weight excluding hydrogens is 272 g/mol. The number of hydrogen-bond donors (Lipinski definition) is 3. The summed E-state index contributed by atoms with van der Waals surface area (Å²) in [7, 11) is 0. The number of aliphatic carboxylic acids is 1. The number of aliphatic hydroxyl groups excluding tert-OH is 1. The van der Waals surface area contributed by atoms with E-state index in [-0.39, 0.29) is 6.54 Å². The van der Waals surface area contributed by atoms with Gasteiger partial charge in [-0.2, -0.15) is 0 Å². The molecule has 124 valence electrons. The fourth-order valence-electron chi connectivity index (χ4n) is 2.68. The van der Waals surface area contributed by atoms with Gasteiger partial charge in [0.05, 0.1) is 19.3 Å². The molecule has 3 N–H and O–H groups in total. The molecule has 0 spiro atoms. The molecule has 0 aromatic heterocycles. The first kappa shape index (κ1) is 18.4. The van der Waals surface area contributed by atoms with Crippen LogP contribution in [0.25, 0.3) is 0 Å². The Morgan fingerprint density at radius 1 is 1.52 bits per heavy atom. The van der Waals surface area contributed by atoms with E-state index in [1.807, 2.05) is 0 Å². The average molecular weight is 302 g/mol. The van der Waals surface area contributed by atoms with E-state index in [2.05, 4.69) is 17.1 Å². The predicted molar refractivity (Wildman–Crippen MR) is 81.4 cm³/mol. The number of ether oxygens (including phenoxy) is 1. The number of rotatable bonds is 11. The zero-order valence-electron chi connectivity index (χ0n) is 13.1. The van der Waals surface area contributed by atoms with Gasteiger partial charge in [-0.15, -0.1) is 0 Å². The molecule has 0 aliphatic carbocycles. The maximum atomic E-state index is 10.5. The van der Waals surface area contributed by atoms with Crippen LogP contribution in [0.15, 0.2) is 0 Å². The Hall–Kier alpha value is -0.690. The van der Waals surface area contributed by atoms with Gasteiger partial charge < -0.3 is 25.2 Å². The number of β-amino-alcohol motifs (C(OH)–C–C–N with tert-alkyl or cyclic N) is 1. The molecule has 0 bridgehead atoms. The van der Waals surface area contributed by atoms with E-state index in [4.69, 9.17) is 9.84 Å². The van der Waals surface area contributed by atoms with Crippen molar-refractivity contribution in [3.63, 3.8) is 0 Å². The van der Waals surface area contributed by atoms with Crippen LogP contribution in [-0.4, -0.2) is 73.1 Å². The Bertz CT molecular complexity index is 289. The maximum absolute atomic E-state index is 10.5. The molecule has 1 saturated heterocycles. The van der Waals surface area contributed by atoms with Crippen LogP contribution in [0.1, 0.15) is 32.6 Å². The van der Waals surface area contributed by atoms with Gasteiger partial charge in [-0.1, -0.05) is 13.3 Å². The number of hydrogen-bond acceptors (Lipinski definition) is 5. The monoisotopic (exact) mass is 302 g/mol. The van der Waals surface area contributed by atoms with Gasteiger partial charge in [0.15, 0.2) is 0 Å². The fraction of sp³-hybridized carbons (Fsp3) is 0.933. The molecule has 1 heterocycles. The van der Waals surface area contributed by atoms with Crippen LogP contribution in [0.4, 0.5) is 0 Å². The van der Waals surface area contributed by atoms with Crippen molar-refractivity contribution in [1.29, 1.82) is 0 Å². The molecule has 1 aliphatic rings. The number of carboxylic acids is 1. The van der Waals surface area contributed by atoms with Crippen LogP contribution < -0.4 is 5.32 Å². The Kier molecular flexibility index (Phi) is 9.58. The molecule has 0 radical (unpaired) electrons. The highest BCUT2D eigenvalue weighted by atomic mass is 16.5. The highest BCUT2D eigenvalue weighted by Gasteiger charge is 2.21. The van der Waals surface area contributed by atoms with Crippen molar-refractivity contribution in [1.82, 2.24) is 10.2 Å². The highest BCUT2D eigenvalue weighted by Crippen LogP contribution is 2.16. The molecule has 1 rings (SSSR count). The summed E-state index contributed by atoms with van der Waals surface area (Å²) in [5.41, 5.74) is 0. The first-order chi connectivity index (χ1) is 10.1. The summed E-state index contributed by atoms with van der Waals surface area (Å²) in [5.74, 6) is -0.353. The minimum absolute atomic E-state index is 0.0182. The van der Waals surface area contributed by atoms with Crippen LogP contribution in [-0.2, 0) is 9.53 Å². The molecule has 1 aliphatic heterocycles. The summed E-state index contributed by atoms with van der Waals surface area (Å²) < 4.78 is 5.44. The topological polar surface area (TPSA) is 82.0 Å². The maximum Gasteiger partial charge on any atom is 0.317 e. The summed E-state index contributed by atoms with van der Waals surface area (Å²) in [6.45, 7) is 6.54. The molecule has 21 heavy (non-hydrogen) atoms. The molecule has 1 fully saturated rings. The van der Waals surface area contributed by atoms with E-state index < -0.39 is 12.1 Å². The Morgan fingerprint density at radius 3 is 3.05 bits per heavy atom. The lowest BCUT2D eigenvalue weighted by Gasteiger charge is -2.34. The van der Waals surface area contributed by atoms with E-state index in [1.165, 1.54) is 0 Å². The fourth-order valence-corrected chi connectivity index (χ4v) is 2.68. The van der Waals surface area contributed by atoms with Gasteiger partial charge in [-0.3, -0.25) is 4.79 Å². The summed E-state index contributed by atoms with van der Waals surface area (Å²) in [6, 6.07) is 0. The predicted octanol–water partition coefficient (Wildman–Crippen LogP) is 0.550. The quantitative estimate of drug-likeness (QED) is 0.484. The first-order valence-corrected chi connectivity index (χ1v) is 8.02. The lowest BCUT2D eigenvalue weighted by atomic mass is 9.97. The van der Waals surface area contributed by atoms with E-state index in [0.29, 0.717) is 19.1 Å². The average Bonchev–Trinajstić information content (AvgIpc) is 2.44. The standard InChI is InChI=1S/C15H30N2O4/c1-2-3-7-21-12-14(18)11-17-6-4-5-13(10-17)8-16-9-15(19)20/h13-14,16,18H,2-12H2,1H3,(H,19,20). The van der Waals surface area contributed by atoms with Crippen molar-refractivity contribution in [3.8, 4) is 0 Å². The third-order valence-corrected chi connectivity index (χ3v) is 3.73. The summed E-state index contributed by atoms with van der Waals surface area (Å²) in [4.78, 5) is 12.7. The van der Waals surface area contributed by atoms with Gasteiger partial charge in [-0.05, 0) is 38.3 Å². The van der Waals surface area contributed by atoms with Gasteiger partial charge in [0, 0.05) is 19.7 Å². The number of unbranched alkanes of at least 4 members (excludes halogenated alkanes) is 1. The van der Waals surface area contributed by atoms with Crippen LogP contribution in [0.2, 0.25) is 0 Å². The van der Waals surface area contributed by atoms with Crippen molar-refractivity contribution >= 4 is 5.97 Å². The lowest BCUT2D eigenvalue weighted by molar-refractivity contribution is -0.136. The number of carboxylic acid groups (broad SMARTS) is 1. The zero-order valence-corrected chi connectivity index (χ0v) is 13.1. The normalized spacial score (nSPS) is 21.3. The van der Waals surface area contributed by atoms with Crippen LogP contribution >= 0.6 is 0 Å². The molecule has 0 aromatic carbocycles. The number of nitrogens with zero attached hydrogens (tertiary/aromatic N) is 1. The van der Waals surface area contributed by atoms with Gasteiger partial charge in [0.2, 0.25) is 0 Å². The summed E-state index contributed by atoms with van der Waals surface area (Å²) >= 11 is 0. The van der Waals surface area contributed by atoms with Gasteiger partial charge in [0.25, 0.3) is 0 Å². The van der Waals surface area contributed by atoms with Crippen molar-refractivity contribution < 1.29 is 19.7 Å². The summed E-state index contributed by atoms with van der Waals surface area (Å²) in [6.07, 6.45) is 3.92. The van der Waals surface area contributed by atoms with E-state index >= 15 is 0 Å². The van der Waals surface area contributed by atoms with Crippen LogP contribution in [0.3, 0.4) is 0 Å². The SMILES string of the molecule is CCCCOCC(O)CN1CCCC(CNCC(=O)O)C1. The Labute approximate surface area is 127 Å². The molecule has 2 unspecified atom stereocenters. The second kappa shape index (κ2) is 11.0. The molecule has 0 amide bonds. The number of nitrogens with one attached hydrogen (secondary N) is 1. The molecule has 2 atom stereocenters. The van der Waals surface area contributed by atoms with Crippen molar-refractivity contribution in [2.45, 2.75) is 38.7 Å².